The van der Waals surface area contributed by atoms with Crippen molar-refractivity contribution in [3.8, 4) is 0 Å². The number of hydrogen-bond donors (Lipinski definition) is 2. The van der Waals surface area contributed by atoms with Gasteiger partial charge in [-0.05, 0) is 26.2 Å². The fourth-order valence-electron chi connectivity index (χ4n) is 0.889. The number of rotatable bonds is 7. The summed E-state index contributed by atoms with van der Waals surface area (Å²) in [5, 5.41) is 11.6. The van der Waals surface area contributed by atoms with Crippen LogP contribution in [0.5, 0.6) is 0 Å². The summed E-state index contributed by atoms with van der Waals surface area (Å²) >= 11 is 5.47. The molecule has 0 aliphatic rings. The molecule has 1 amide bonds. The molecule has 0 aromatic rings. The molecule has 0 saturated carbocycles. The highest BCUT2D eigenvalue weighted by molar-refractivity contribution is 6.17. The van der Waals surface area contributed by atoms with Crippen LogP contribution >= 0.6 is 11.6 Å². The Kier molecular flexibility index (Phi) is 8.14. The van der Waals surface area contributed by atoms with E-state index in [1.54, 1.807) is 6.92 Å². The summed E-state index contributed by atoms with van der Waals surface area (Å²) in [4.78, 5) is 11.1. The van der Waals surface area contributed by atoms with Crippen LogP contribution in [0, 0.1) is 0 Å². The summed E-state index contributed by atoms with van der Waals surface area (Å²) < 4.78 is 0. The monoisotopic (exact) mass is 207 g/mol. The lowest BCUT2D eigenvalue weighted by atomic mass is 10.2. The first-order valence-electron chi connectivity index (χ1n) is 4.67. The molecule has 2 N–H and O–H groups in total. The highest BCUT2D eigenvalue weighted by atomic mass is 35.5. The Hall–Kier alpha value is -0.280. The maximum atomic E-state index is 11.1. The molecule has 0 bridgehead atoms. The first kappa shape index (κ1) is 12.7. The zero-order chi connectivity index (χ0) is 10.1. The van der Waals surface area contributed by atoms with Crippen LogP contribution in [-0.4, -0.2) is 29.5 Å². The van der Waals surface area contributed by atoms with Crippen LogP contribution in [-0.2, 0) is 4.79 Å². The van der Waals surface area contributed by atoms with Gasteiger partial charge in [0.05, 0.1) is 6.10 Å². The van der Waals surface area contributed by atoms with Crippen LogP contribution in [0.1, 0.15) is 32.6 Å². The van der Waals surface area contributed by atoms with Crippen molar-refractivity contribution in [3.63, 3.8) is 0 Å². The van der Waals surface area contributed by atoms with Gasteiger partial charge in [0.25, 0.3) is 0 Å². The number of aliphatic hydroxyl groups is 1. The van der Waals surface area contributed by atoms with Crippen LogP contribution in [0.25, 0.3) is 0 Å². The van der Waals surface area contributed by atoms with Gasteiger partial charge in [-0.1, -0.05) is 0 Å². The molecule has 0 fully saturated rings. The number of carbonyl (C=O) groups is 1. The van der Waals surface area contributed by atoms with Crippen LogP contribution in [0.15, 0.2) is 0 Å². The molecule has 0 radical (unpaired) electrons. The minimum Gasteiger partial charge on any atom is -0.393 e. The smallest absolute Gasteiger partial charge is 0.219 e. The molecule has 3 nitrogen and oxygen atoms in total. The number of unbranched alkanes of at least 4 members (excludes halogenated alkanes) is 1. The van der Waals surface area contributed by atoms with Crippen molar-refractivity contribution in [1.29, 1.82) is 0 Å². The van der Waals surface area contributed by atoms with Crippen molar-refractivity contribution in [1.82, 2.24) is 5.32 Å². The van der Waals surface area contributed by atoms with Gasteiger partial charge in [-0.15, -0.1) is 11.6 Å². The first-order chi connectivity index (χ1) is 6.16. The molecule has 1 unspecified atom stereocenters. The van der Waals surface area contributed by atoms with E-state index in [0.717, 1.165) is 12.8 Å². The minimum atomic E-state index is -0.344. The maximum absolute atomic E-state index is 11.1. The van der Waals surface area contributed by atoms with Crippen molar-refractivity contribution in [2.24, 2.45) is 0 Å². The van der Waals surface area contributed by atoms with Crippen molar-refractivity contribution >= 4 is 17.5 Å². The van der Waals surface area contributed by atoms with Gasteiger partial charge in [-0.3, -0.25) is 4.79 Å². The molecule has 1 atom stereocenters. The van der Waals surface area contributed by atoms with Crippen LogP contribution in [0.4, 0.5) is 0 Å². The minimum absolute atomic E-state index is 0.0470. The number of halogens is 1. The molecule has 0 heterocycles. The highest BCUT2D eigenvalue weighted by Gasteiger charge is 2.01. The molecule has 0 rings (SSSR count). The van der Waals surface area contributed by atoms with Gasteiger partial charge in [-0.2, -0.15) is 0 Å². The Balaban J connectivity index is 3.20. The Morgan fingerprint density at radius 3 is 2.77 bits per heavy atom. The van der Waals surface area contributed by atoms with Crippen molar-refractivity contribution in [3.05, 3.63) is 0 Å². The summed E-state index contributed by atoms with van der Waals surface area (Å²) in [7, 11) is 0. The molecule has 0 spiro atoms. The van der Waals surface area contributed by atoms with E-state index >= 15 is 0 Å². The second-order valence-electron chi connectivity index (χ2n) is 3.13. The van der Waals surface area contributed by atoms with Gasteiger partial charge in [0.1, 0.15) is 0 Å². The Morgan fingerprint density at radius 1 is 1.54 bits per heavy atom. The van der Waals surface area contributed by atoms with E-state index in [9.17, 15) is 4.79 Å². The second-order valence-corrected chi connectivity index (χ2v) is 3.51. The Labute approximate surface area is 84.5 Å². The zero-order valence-corrected chi connectivity index (χ0v) is 8.81. The van der Waals surface area contributed by atoms with E-state index in [1.807, 2.05) is 0 Å². The fourth-order valence-corrected chi connectivity index (χ4v) is 1.08. The molecule has 0 saturated heterocycles. The normalized spacial score (nSPS) is 12.5. The number of nitrogens with one attached hydrogen (secondary N) is 1. The SMILES string of the molecule is CC(O)CCNC(=O)CCCCCl. The lowest BCUT2D eigenvalue weighted by molar-refractivity contribution is -0.121. The van der Waals surface area contributed by atoms with Crippen LogP contribution in [0.2, 0.25) is 0 Å². The number of carbonyl (C=O) groups excluding carboxylic acids is 1. The first-order valence-corrected chi connectivity index (χ1v) is 5.21. The topological polar surface area (TPSA) is 49.3 Å². The quantitative estimate of drug-likeness (QED) is 0.488. The highest BCUT2D eigenvalue weighted by Crippen LogP contribution is 1.97. The summed E-state index contributed by atoms with van der Waals surface area (Å²) in [5.41, 5.74) is 0. The average Bonchev–Trinajstić information content (AvgIpc) is 2.04. The van der Waals surface area contributed by atoms with Gasteiger partial charge in [0.15, 0.2) is 0 Å². The third kappa shape index (κ3) is 9.64. The molecular weight excluding hydrogens is 190 g/mol. The Morgan fingerprint density at radius 2 is 2.23 bits per heavy atom. The Bertz CT molecular complexity index is 140. The van der Waals surface area contributed by atoms with Gasteiger partial charge in [0.2, 0.25) is 5.91 Å². The lowest BCUT2D eigenvalue weighted by Gasteiger charge is -2.05. The van der Waals surface area contributed by atoms with E-state index in [0.29, 0.717) is 25.3 Å². The molecule has 0 aliphatic carbocycles. The molecule has 78 valence electrons. The average molecular weight is 208 g/mol. The largest absolute Gasteiger partial charge is 0.393 e. The maximum Gasteiger partial charge on any atom is 0.219 e. The van der Waals surface area contributed by atoms with E-state index in [-0.39, 0.29) is 12.0 Å². The number of aliphatic hydroxyl groups excluding tert-OH is 1. The lowest BCUT2D eigenvalue weighted by Crippen LogP contribution is -2.26. The third-order valence-corrected chi connectivity index (χ3v) is 1.94. The van der Waals surface area contributed by atoms with Gasteiger partial charge in [-0.25, -0.2) is 0 Å². The summed E-state index contributed by atoms with van der Waals surface area (Å²) in [6, 6.07) is 0. The van der Waals surface area contributed by atoms with Crippen molar-refractivity contribution < 1.29 is 9.90 Å². The standard InChI is InChI=1S/C9H18ClNO2/c1-8(12)5-7-11-9(13)4-2-3-6-10/h8,12H,2-7H2,1H3,(H,11,13). The number of hydrogen-bond acceptors (Lipinski definition) is 2. The van der Waals surface area contributed by atoms with Crippen LogP contribution < -0.4 is 5.32 Å². The number of alkyl halides is 1. The van der Waals surface area contributed by atoms with Gasteiger partial charge >= 0.3 is 0 Å². The van der Waals surface area contributed by atoms with E-state index in [4.69, 9.17) is 16.7 Å². The predicted molar refractivity (Wildman–Crippen MR) is 53.9 cm³/mol. The summed E-state index contributed by atoms with van der Waals surface area (Å²) in [6.45, 7) is 2.26. The summed E-state index contributed by atoms with van der Waals surface area (Å²) in [6.07, 6.45) is 2.52. The van der Waals surface area contributed by atoms with E-state index < -0.39 is 0 Å². The summed E-state index contributed by atoms with van der Waals surface area (Å²) in [5.74, 6) is 0.659. The van der Waals surface area contributed by atoms with Crippen molar-refractivity contribution in [2.45, 2.75) is 38.7 Å². The second kappa shape index (κ2) is 8.32. The third-order valence-electron chi connectivity index (χ3n) is 1.67. The molecule has 0 aromatic heterocycles. The van der Waals surface area contributed by atoms with Crippen molar-refractivity contribution in [2.75, 3.05) is 12.4 Å². The predicted octanol–water partition coefficient (Wildman–Crippen LogP) is 1.28. The fraction of sp³-hybridized carbons (Fsp3) is 0.889. The number of amides is 1. The molecule has 0 aromatic carbocycles. The molecule has 13 heavy (non-hydrogen) atoms. The van der Waals surface area contributed by atoms with E-state index in [2.05, 4.69) is 5.32 Å². The molecule has 0 aliphatic heterocycles. The van der Waals surface area contributed by atoms with Gasteiger partial charge < -0.3 is 10.4 Å². The van der Waals surface area contributed by atoms with Crippen LogP contribution in [0.3, 0.4) is 0 Å². The van der Waals surface area contributed by atoms with E-state index in [1.165, 1.54) is 0 Å². The molecule has 4 heteroatoms. The molecular formula is C9H18ClNO2. The zero-order valence-electron chi connectivity index (χ0n) is 8.05. The van der Waals surface area contributed by atoms with Gasteiger partial charge in [0, 0.05) is 18.8 Å².